The quantitative estimate of drug-likeness (QED) is 0.588. The van der Waals surface area contributed by atoms with Crippen LogP contribution in [-0.2, 0) is 14.3 Å². The number of carboxylic acids is 1. The van der Waals surface area contributed by atoms with E-state index in [1.807, 2.05) is 0 Å². The molecule has 1 saturated carbocycles. The molecule has 0 unspecified atom stereocenters. The zero-order valence-corrected chi connectivity index (χ0v) is 9.57. The monoisotopic (exact) mass is 226 g/mol. The lowest BCUT2D eigenvalue weighted by Gasteiger charge is -2.25. The fourth-order valence-corrected chi connectivity index (χ4v) is 1.89. The second-order valence-electron chi connectivity index (χ2n) is 4.43. The van der Waals surface area contributed by atoms with E-state index in [9.17, 15) is 9.59 Å². The Morgan fingerprint density at radius 1 is 1.31 bits per heavy atom. The van der Waals surface area contributed by atoms with E-state index in [-0.39, 0.29) is 11.9 Å². The molecule has 0 spiro atoms. The van der Waals surface area contributed by atoms with Crippen molar-refractivity contribution in [3.63, 3.8) is 0 Å². The van der Waals surface area contributed by atoms with Crippen LogP contribution in [0.5, 0.6) is 0 Å². The largest absolute Gasteiger partial charge is 0.481 e. The molecule has 1 fully saturated rings. The summed E-state index contributed by atoms with van der Waals surface area (Å²) in [7, 11) is 0. The van der Waals surface area contributed by atoms with Crippen molar-refractivity contribution in [2.45, 2.75) is 32.6 Å². The van der Waals surface area contributed by atoms with Gasteiger partial charge in [0.25, 0.3) is 0 Å². The second kappa shape index (κ2) is 5.68. The summed E-state index contributed by atoms with van der Waals surface area (Å²) in [5.41, 5.74) is 0.402. The number of ether oxygens (including phenoxy) is 1. The molecular formula is C12H18O4. The molecule has 0 amide bonds. The lowest BCUT2D eigenvalue weighted by molar-refractivity contribution is -0.145. The van der Waals surface area contributed by atoms with Crippen LogP contribution in [0, 0.1) is 11.8 Å². The zero-order chi connectivity index (χ0) is 12.1. The summed E-state index contributed by atoms with van der Waals surface area (Å²) in [5, 5.41) is 8.82. The van der Waals surface area contributed by atoms with Crippen LogP contribution < -0.4 is 0 Å². The summed E-state index contributed by atoms with van der Waals surface area (Å²) in [6, 6.07) is 0. The summed E-state index contributed by atoms with van der Waals surface area (Å²) in [6.45, 7) is 5.50. The Balaban J connectivity index is 2.25. The van der Waals surface area contributed by atoms with Crippen molar-refractivity contribution in [1.29, 1.82) is 0 Å². The normalized spacial score (nSPS) is 24.8. The summed E-state index contributed by atoms with van der Waals surface area (Å²) in [5.74, 6) is -0.982. The van der Waals surface area contributed by atoms with Crippen LogP contribution in [0.3, 0.4) is 0 Å². The predicted molar refractivity (Wildman–Crippen MR) is 58.9 cm³/mol. The van der Waals surface area contributed by atoms with Crippen LogP contribution in [0.1, 0.15) is 32.6 Å². The van der Waals surface area contributed by atoms with Gasteiger partial charge in [-0.2, -0.15) is 0 Å². The molecule has 0 heterocycles. The van der Waals surface area contributed by atoms with Gasteiger partial charge < -0.3 is 9.84 Å². The van der Waals surface area contributed by atoms with E-state index in [1.165, 1.54) is 0 Å². The van der Waals surface area contributed by atoms with Gasteiger partial charge in [-0.3, -0.25) is 4.79 Å². The molecule has 1 rings (SSSR count). The van der Waals surface area contributed by atoms with E-state index in [4.69, 9.17) is 9.84 Å². The Hall–Kier alpha value is -1.32. The van der Waals surface area contributed by atoms with E-state index in [0.29, 0.717) is 30.9 Å². The van der Waals surface area contributed by atoms with Crippen molar-refractivity contribution in [3.05, 3.63) is 12.2 Å². The molecular weight excluding hydrogens is 208 g/mol. The molecule has 0 aromatic rings. The Kier molecular flexibility index (Phi) is 4.52. The van der Waals surface area contributed by atoms with Crippen molar-refractivity contribution in [2.75, 3.05) is 6.61 Å². The maximum Gasteiger partial charge on any atom is 0.333 e. The number of rotatable bonds is 4. The standard InChI is InChI=1S/C12H18O4/c1-8(2)12(15)16-7-9-3-5-10(6-4-9)11(13)14/h9-10H,1,3-7H2,2H3,(H,13,14). The van der Waals surface area contributed by atoms with Crippen LogP contribution in [0.2, 0.25) is 0 Å². The number of carboxylic acid groups (broad SMARTS) is 1. The smallest absolute Gasteiger partial charge is 0.333 e. The molecule has 0 aliphatic heterocycles. The molecule has 1 aliphatic rings. The van der Waals surface area contributed by atoms with Crippen LogP contribution in [0.15, 0.2) is 12.2 Å². The maximum absolute atomic E-state index is 11.1. The fraction of sp³-hybridized carbons (Fsp3) is 0.667. The SMILES string of the molecule is C=C(C)C(=O)OCC1CCC(C(=O)O)CC1. The van der Waals surface area contributed by atoms with Crippen LogP contribution in [0.4, 0.5) is 0 Å². The highest BCUT2D eigenvalue weighted by molar-refractivity contribution is 5.86. The Labute approximate surface area is 95.3 Å². The van der Waals surface area contributed by atoms with Gasteiger partial charge in [-0.1, -0.05) is 6.58 Å². The Morgan fingerprint density at radius 3 is 2.31 bits per heavy atom. The molecule has 0 bridgehead atoms. The van der Waals surface area contributed by atoms with Crippen LogP contribution in [0.25, 0.3) is 0 Å². The van der Waals surface area contributed by atoms with Gasteiger partial charge in [-0.25, -0.2) is 4.79 Å². The third kappa shape index (κ3) is 3.68. The molecule has 0 aromatic heterocycles. The van der Waals surface area contributed by atoms with E-state index in [1.54, 1.807) is 6.92 Å². The Bertz CT molecular complexity index is 287. The number of hydrogen-bond donors (Lipinski definition) is 1. The fourth-order valence-electron chi connectivity index (χ4n) is 1.89. The molecule has 1 aliphatic carbocycles. The van der Waals surface area contributed by atoms with Crippen molar-refractivity contribution < 1.29 is 19.4 Å². The second-order valence-corrected chi connectivity index (χ2v) is 4.43. The van der Waals surface area contributed by atoms with Crippen LogP contribution >= 0.6 is 0 Å². The average molecular weight is 226 g/mol. The van der Waals surface area contributed by atoms with Crippen LogP contribution in [-0.4, -0.2) is 23.7 Å². The van der Waals surface area contributed by atoms with Crippen molar-refractivity contribution in [3.8, 4) is 0 Å². The first kappa shape index (κ1) is 12.7. The van der Waals surface area contributed by atoms with Crippen molar-refractivity contribution in [1.82, 2.24) is 0 Å². The number of esters is 1. The van der Waals surface area contributed by atoms with Gasteiger partial charge in [0.2, 0.25) is 0 Å². The first-order valence-electron chi connectivity index (χ1n) is 5.56. The van der Waals surface area contributed by atoms with Gasteiger partial charge in [-0.15, -0.1) is 0 Å². The van der Waals surface area contributed by atoms with Gasteiger partial charge in [0.15, 0.2) is 0 Å². The van der Waals surface area contributed by atoms with Crippen molar-refractivity contribution in [2.24, 2.45) is 11.8 Å². The lowest BCUT2D eigenvalue weighted by atomic mass is 9.82. The number of hydrogen-bond acceptors (Lipinski definition) is 3. The minimum Gasteiger partial charge on any atom is -0.481 e. The molecule has 0 aromatic carbocycles. The van der Waals surface area contributed by atoms with E-state index < -0.39 is 5.97 Å². The number of carbonyl (C=O) groups excluding carboxylic acids is 1. The third-order valence-electron chi connectivity index (χ3n) is 2.99. The third-order valence-corrected chi connectivity index (χ3v) is 2.99. The predicted octanol–water partition coefficient (Wildman–Crippen LogP) is 2.00. The summed E-state index contributed by atoms with van der Waals surface area (Å²) in [4.78, 5) is 21.9. The summed E-state index contributed by atoms with van der Waals surface area (Å²) < 4.78 is 5.05. The average Bonchev–Trinajstić information content (AvgIpc) is 2.26. The topological polar surface area (TPSA) is 63.6 Å². The van der Waals surface area contributed by atoms with Gasteiger partial charge >= 0.3 is 11.9 Å². The van der Waals surface area contributed by atoms with Gasteiger partial charge in [0, 0.05) is 5.57 Å². The number of aliphatic carboxylic acids is 1. The summed E-state index contributed by atoms with van der Waals surface area (Å²) in [6.07, 6.45) is 3.01. The molecule has 0 saturated heterocycles. The maximum atomic E-state index is 11.1. The molecule has 4 heteroatoms. The molecule has 0 atom stereocenters. The molecule has 4 nitrogen and oxygen atoms in total. The first-order valence-corrected chi connectivity index (χ1v) is 5.56. The molecule has 0 radical (unpaired) electrons. The highest BCUT2D eigenvalue weighted by atomic mass is 16.5. The molecule has 16 heavy (non-hydrogen) atoms. The van der Waals surface area contributed by atoms with E-state index >= 15 is 0 Å². The minimum atomic E-state index is -0.711. The van der Waals surface area contributed by atoms with Gasteiger partial charge in [-0.05, 0) is 38.5 Å². The minimum absolute atomic E-state index is 0.215. The highest BCUT2D eigenvalue weighted by Crippen LogP contribution is 2.29. The highest BCUT2D eigenvalue weighted by Gasteiger charge is 2.26. The summed E-state index contributed by atoms with van der Waals surface area (Å²) >= 11 is 0. The zero-order valence-electron chi connectivity index (χ0n) is 9.57. The first-order chi connectivity index (χ1) is 7.50. The van der Waals surface area contributed by atoms with Crippen molar-refractivity contribution >= 4 is 11.9 Å². The Morgan fingerprint density at radius 2 is 1.88 bits per heavy atom. The molecule has 1 N–H and O–H groups in total. The van der Waals surface area contributed by atoms with E-state index in [0.717, 1.165) is 12.8 Å². The van der Waals surface area contributed by atoms with Gasteiger partial charge in [0.1, 0.15) is 0 Å². The number of carbonyl (C=O) groups is 2. The van der Waals surface area contributed by atoms with E-state index in [2.05, 4.69) is 6.58 Å². The lowest BCUT2D eigenvalue weighted by Crippen LogP contribution is -2.24. The van der Waals surface area contributed by atoms with Gasteiger partial charge in [0.05, 0.1) is 12.5 Å². The molecule has 90 valence electrons.